The second kappa shape index (κ2) is 27.9. The predicted molar refractivity (Wildman–Crippen MR) is 161 cm³/mol. The molecular formula is C33H70NO2+. The van der Waals surface area contributed by atoms with Crippen molar-refractivity contribution >= 4 is 0 Å². The third-order valence-corrected chi connectivity index (χ3v) is 7.40. The first-order chi connectivity index (χ1) is 17.5. The molecule has 0 N–H and O–H groups in total. The Labute approximate surface area is 229 Å². The zero-order chi connectivity index (χ0) is 26.6. The van der Waals surface area contributed by atoms with Gasteiger partial charge in [-0.3, -0.25) is 0 Å². The summed E-state index contributed by atoms with van der Waals surface area (Å²) in [6.45, 7) is 8.52. The summed E-state index contributed by atoms with van der Waals surface area (Å²) in [6, 6.07) is 0. The molecule has 0 saturated carbocycles. The Kier molecular flexibility index (Phi) is 27.8. The van der Waals surface area contributed by atoms with Crippen LogP contribution in [0.25, 0.3) is 0 Å². The zero-order valence-electron chi connectivity index (χ0n) is 25.9. The van der Waals surface area contributed by atoms with E-state index in [0.29, 0.717) is 6.10 Å². The van der Waals surface area contributed by atoms with Crippen molar-refractivity contribution in [2.75, 3.05) is 47.5 Å². The fraction of sp³-hybridized carbons (Fsp3) is 1.00. The first-order valence-corrected chi connectivity index (χ1v) is 16.5. The number of rotatable bonds is 30. The van der Waals surface area contributed by atoms with Gasteiger partial charge in [-0.25, -0.2) is 0 Å². The molecule has 0 bridgehead atoms. The fourth-order valence-corrected chi connectivity index (χ4v) is 4.92. The Morgan fingerprint density at radius 3 is 1.39 bits per heavy atom. The number of nitrogens with zero attached hydrogens (tertiary/aromatic N) is 1. The molecule has 0 aliphatic carbocycles. The first-order valence-electron chi connectivity index (χ1n) is 16.5. The van der Waals surface area contributed by atoms with Gasteiger partial charge in [0.25, 0.3) is 0 Å². The topological polar surface area (TPSA) is 18.5 Å². The number of unbranched alkanes of at least 4 members (excludes halogenated alkanes) is 19. The third kappa shape index (κ3) is 30.1. The van der Waals surface area contributed by atoms with Crippen molar-refractivity contribution in [3.8, 4) is 0 Å². The van der Waals surface area contributed by atoms with Gasteiger partial charge < -0.3 is 14.0 Å². The highest BCUT2D eigenvalue weighted by Crippen LogP contribution is 2.14. The van der Waals surface area contributed by atoms with E-state index in [-0.39, 0.29) is 0 Å². The Bertz CT molecular complexity index is 407. The van der Waals surface area contributed by atoms with Crippen LogP contribution >= 0.6 is 0 Å². The molecule has 3 nitrogen and oxygen atoms in total. The van der Waals surface area contributed by atoms with Crippen molar-refractivity contribution in [2.24, 2.45) is 0 Å². The van der Waals surface area contributed by atoms with Crippen LogP contribution in [-0.4, -0.2) is 58.1 Å². The molecule has 218 valence electrons. The number of hydrogen-bond acceptors (Lipinski definition) is 2. The van der Waals surface area contributed by atoms with Crippen molar-refractivity contribution < 1.29 is 14.0 Å². The minimum atomic E-state index is 0.307. The average molecular weight is 513 g/mol. The molecule has 1 unspecified atom stereocenters. The first kappa shape index (κ1) is 35.9. The molecule has 0 heterocycles. The van der Waals surface area contributed by atoms with E-state index in [0.717, 1.165) is 24.3 Å². The van der Waals surface area contributed by atoms with Gasteiger partial charge in [-0.1, -0.05) is 129 Å². The molecule has 1 atom stereocenters. The molecule has 0 saturated heterocycles. The van der Waals surface area contributed by atoms with E-state index < -0.39 is 0 Å². The zero-order valence-corrected chi connectivity index (χ0v) is 25.9. The van der Waals surface area contributed by atoms with Gasteiger partial charge in [-0.2, -0.15) is 0 Å². The summed E-state index contributed by atoms with van der Waals surface area (Å²) in [5.74, 6) is 0. The Morgan fingerprint density at radius 1 is 0.472 bits per heavy atom. The number of hydrogen-bond donors (Lipinski definition) is 0. The second-order valence-electron chi connectivity index (χ2n) is 12.4. The van der Waals surface area contributed by atoms with Crippen LogP contribution in [0, 0.1) is 0 Å². The third-order valence-electron chi connectivity index (χ3n) is 7.40. The van der Waals surface area contributed by atoms with Gasteiger partial charge in [0, 0.05) is 13.2 Å². The summed E-state index contributed by atoms with van der Waals surface area (Å²) < 4.78 is 13.5. The lowest BCUT2D eigenvalue weighted by molar-refractivity contribution is -0.870. The number of quaternary nitrogens is 1. The smallest absolute Gasteiger partial charge is 0.0808 e. The Morgan fingerprint density at radius 2 is 0.889 bits per heavy atom. The van der Waals surface area contributed by atoms with Crippen LogP contribution in [0.1, 0.15) is 162 Å². The van der Waals surface area contributed by atoms with Crippen LogP contribution in [-0.2, 0) is 9.47 Å². The van der Waals surface area contributed by atoms with Crippen molar-refractivity contribution in [2.45, 2.75) is 168 Å². The standard InChI is InChI=1S/C33H70NO2/c1-6-8-10-12-14-18-22-26-30-35-32-33(36-31-27-23-19-15-13-11-9-7-2)28-24-20-16-17-21-25-29-34(3,4)5/h33H,6-32H2,1-5H3/q+1. The lowest BCUT2D eigenvalue weighted by Crippen LogP contribution is -2.35. The van der Waals surface area contributed by atoms with Crippen molar-refractivity contribution in [1.82, 2.24) is 0 Å². The highest BCUT2D eigenvalue weighted by atomic mass is 16.5. The average Bonchev–Trinajstić information content (AvgIpc) is 2.84. The molecule has 0 aromatic rings. The van der Waals surface area contributed by atoms with Crippen LogP contribution in [0.4, 0.5) is 0 Å². The normalized spacial score (nSPS) is 12.9. The molecular weight excluding hydrogens is 442 g/mol. The fourth-order valence-electron chi connectivity index (χ4n) is 4.92. The largest absolute Gasteiger partial charge is 0.379 e. The maximum Gasteiger partial charge on any atom is 0.0808 e. The number of ether oxygens (including phenoxy) is 2. The molecule has 0 rings (SSSR count). The quantitative estimate of drug-likeness (QED) is 0.0704. The molecule has 0 amide bonds. The van der Waals surface area contributed by atoms with Gasteiger partial charge >= 0.3 is 0 Å². The molecule has 3 heteroatoms. The van der Waals surface area contributed by atoms with Gasteiger partial charge in [0.2, 0.25) is 0 Å². The van der Waals surface area contributed by atoms with E-state index in [1.807, 2.05) is 0 Å². The SMILES string of the molecule is CCCCCCCCCCOCC(CCCCCCCC[N+](C)(C)C)OCCCCCCCCCC. The molecule has 0 aromatic carbocycles. The van der Waals surface area contributed by atoms with Gasteiger partial charge in [0.05, 0.1) is 40.4 Å². The predicted octanol–water partition coefficient (Wildman–Crippen LogP) is 10.1. The van der Waals surface area contributed by atoms with E-state index >= 15 is 0 Å². The van der Waals surface area contributed by atoms with Crippen molar-refractivity contribution in [3.63, 3.8) is 0 Å². The van der Waals surface area contributed by atoms with E-state index in [1.165, 1.54) is 154 Å². The van der Waals surface area contributed by atoms with Gasteiger partial charge in [-0.05, 0) is 32.1 Å². The van der Waals surface area contributed by atoms with Gasteiger partial charge in [0.15, 0.2) is 0 Å². The molecule has 0 spiro atoms. The van der Waals surface area contributed by atoms with E-state index in [9.17, 15) is 0 Å². The molecule has 0 aliphatic rings. The molecule has 0 aromatic heterocycles. The van der Waals surface area contributed by atoms with Gasteiger partial charge in [0.1, 0.15) is 0 Å². The minimum Gasteiger partial charge on any atom is -0.379 e. The maximum absolute atomic E-state index is 6.33. The molecule has 36 heavy (non-hydrogen) atoms. The lowest BCUT2D eigenvalue weighted by Gasteiger charge is -2.23. The molecule has 0 radical (unpaired) electrons. The highest BCUT2D eigenvalue weighted by Gasteiger charge is 2.10. The summed E-state index contributed by atoms with van der Waals surface area (Å²) in [4.78, 5) is 0. The summed E-state index contributed by atoms with van der Waals surface area (Å²) in [7, 11) is 6.89. The van der Waals surface area contributed by atoms with E-state index in [2.05, 4.69) is 35.0 Å². The van der Waals surface area contributed by atoms with Crippen molar-refractivity contribution in [1.29, 1.82) is 0 Å². The Hall–Kier alpha value is -0.120. The van der Waals surface area contributed by atoms with Crippen molar-refractivity contribution in [3.05, 3.63) is 0 Å². The van der Waals surface area contributed by atoms with Crippen LogP contribution in [0.15, 0.2) is 0 Å². The van der Waals surface area contributed by atoms with Crippen LogP contribution in [0.5, 0.6) is 0 Å². The summed E-state index contributed by atoms with van der Waals surface area (Å²) in [5, 5.41) is 0. The lowest BCUT2D eigenvalue weighted by atomic mass is 10.1. The molecule has 0 aliphatic heterocycles. The van der Waals surface area contributed by atoms with Crippen LogP contribution in [0.3, 0.4) is 0 Å². The van der Waals surface area contributed by atoms with E-state index in [1.54, 1.807) is 0 Å². The summed E-state index contributed by atoms with van der Waals surface area (Å²) in [5.41, 5.74) is 0. The van der Waals surface area contributed by atoms with Crippen LogP contribution < -0.4 is 0 Å². The summed E-state index contributed by atoms with van der Waals surface area (Å²) >= 11 is 0. The second-order valence-corrected chi connectivity index (χ2v) is 12.4. The summed E-state index contributed by atoms with van der Waals surface area (Å²) in [6.07, 6.45) is 31.4. The molecule has 0 fully saturated rings. The monoisotopic (exact) mass is 513 g/mol. The minimum absolute atomic E-state index is 0.307. The highest BCUT2D eigenvalue weighted by molar-refractivity contribution is 4.59. The van der Waals surface area contributed by atoms with Crippen LogP contribution in [0.2, 0.25) is 0 Å². The Balaban J connectivity index is 3.91. The van der Waals surface area contributed by atoms with Gasteiger partial charge in [-0.15, -0.1) is 0 Å². The maximum atomic E-state index is 6.33. The van der Waals surface area contributed by atoms with E-state index in [4.69, 9.17) is 9.47 Å².